The van der Waals surface area contributed by atoms with Crippen LogP contribution in [0.4, 0.5) is 5.69 Å². The lowest BCUT2D eigenvalue weighted by molar-refractivity contribution is 1.40. The summed E-state index contributed by atoms with van der Waals surface area (Å²) in [6.07, 6.45) is 0. The number of benzene rings is 2. The van der Waals surface area contributed by atoms with Crippen LogP contribution in [0.5, 0.6) is 0 Å². The van der Waals surface area contributed by atoms with Crippen LogP contribution in [0.3, 0.4) is 0 Å². The lowest BCUT2D eigenvalue weighted by atomic mass is 10.2. The van der Waals surface area contributed by atoms with Crippen molar-refractivity contribution in [3.05, 3.63) is 64.1 Å². The Morgan fingerprint density at radius 2 is 1.72 bits per heavy atom. The molecule has 0 bridgehead atoms. The molecule has 0 unspecified atom stereocenters. The van der Waals surface area contributed by atoms with E-state index in [-0.39, 0.29) is 0 Å². The van der Waals surface area contributed by atoms with Gasteiger partial charge in [0.25, 0.3) is 0 Å². The maximum Gasteiger partial charge on any atom is 0.132 e. The molecule has 2 aromatic carbocycles. The van der Waals surface area contributed by atoms with Gasteiger partial charge in [-0.25, -0.2) is 0 Å². The summed E-state index contributed by atoms with van der Waals surface area (Å²) in [7, 11) is 1.74. The highest BCUT2D eigenvalue weighted by atomic mass is 35.5. The Kier molecular flexibility index (Phi) is 4.24. The molecular weight excluding hydrogens is 267 g/mol. The minimum atomic E-state index is 0.519. The first-order valence-electron chi connectivity index (χ1n) is 5.45. The molecule has 2 nitrogen and oxygen atoms in total. The number of rotatable bonds is 2. The van der Waals surface area contributed by atoms with E-state index in [0.29, 0.717) is 10.0 Å². The Bertz CT molecular complexity index is 565. The highest BCUT2D eigenvalue weighted by Gasteiger charge is 2.04. The van der Waals surface area contributed by atoms with Crippen LogP contribution in [0.15, 0.2) is 53.5 Å². The second-order valence-corrected chi connectivity index (χ2v) is 4.51. The Morgan fingerprint density at radius 1 is 1.00 bits per heavy atom. The van der Waals surface area contributed by atoms with Crippen molar-refractivity contribution in [3.8, 4) is 0 Å². The molecule has 4 heteroatoms. The molecule has 0 aliphatic carbocycles. The predicted molar refractivity (Wildman–Crippen MR) is 79.0 cm³/mol. The van der Waals surface area contributed by atoms with Crippen molar-refractivity contribution in [2.75, 3.05) is 12.4 Å². The maximum atomic E-state index is 5.97. The van der Waals surface area contributed by atoms with Crippen molar-refractivity contribution >= 4 is 34.7 Å². The van der Waals surface area contributed by atoms with E-state index in [1.165, 1.54) is 0 Å². The summed E-state index contributed by atoms with van der Waals surface area (Å²) in [5.41, 5.74) is 1.87. The first-order chi connectivity index (χ1) is 8.70. The number of hydrogen-bond acceptors (Lipinski definition) is 1. The molecule has 0 saturated heterocycles. The van der Waals surface area contributed by atoms with Crippen LogP contribution < -0.4 is 5.32 Å². The number of nitrogens with one attached hydrogen (secondary N) is 1. The van der Waals surface area contributed by atoms with Gasteiger partial charge in [-0.1, -0.05) is 53.5 Å². The van der Waals surface area contributed by atoms with E-state index >= 15 is 0 Å². The summed E-state index contributed by atoms with van der Waals surface area (Å²) in [6, 6.07) is 15.3. The molecule has 0 spiro atoms. The normalized spacial score (nSPS) is 11.4. The minimum absolute atomic E-state index is 0.519. The second kappa shape index (κ2) is 5.89. The summed E-state index contributed by atoms with van der Waals surface area (Å²) in [6.45, 7) is 0. The third kappa shape index (κ3) is 3.03. The summed E-state index contributed by atoms with van der Waals surface area (Å²) in [5.74, 6) is 0.786. The van der Waals surface area contributed by atoms with Gasteiger partial charge in [0.1, 0.15) is 5.84 Å². The van der Waals surface area contributed by atoms with E-state index in [1.807, 2.05) is 36.4 Å². The van der Waals surface area contributed by atoms with Crippen molar-refractivity contribution in [2.45, 2.75) is 0 Å². The van der Waals surface area contributed by atoms with Crippen LogP contribution in [0, 0.1) is 0 Å². The van der Waals surface area contributed by atoms with Crippen molar-refractivity contribution in [1.82, 2.24) is 0 Å². The Balaban J connectivity index is 2.24. The third-order valence-corrected chi connectivity index (χ3v) is 3.19. The van der Waals surface area contributed by atoms with E-state index in [2.05, 4.69) is 10.3 Å². The lowest BCUT2D eigenvalue weighted by Gasteiger charge is -2.10. The molecule has 18 heavy (non-hydrogen) atoms. The van der Waals surface area contributed by atoms with Gasteiger partial charge in [-0.05, 0) is 18.2 Å². The Morgan fingerprint density at radius 3 is 2.33 bits per heavy atom. The lowest BCUT2D eigenvalue weighted by Crippen LogP contribution is -2.13. The Labute approximate surface area is 116 Å². The summed E-state index contributed by atoms with van der Waals surface area (Å²) < 4.78 is 0. The van der Waals surface area contributed by atoms with Gasteiger partial charge < -0.3 is 5.32 Å². The first-order valence-corrected chi connectivity index (χ1v) is 6.20. The topological polar surface area (TPSA) is 24.4 Å². The highest BCUT2D eigenvalue weighted by molar-refractivity contribution is 6.42. The van der Waals surface area contributed by atoms with Gasteiger partial charge in [0.15, 0.2) is 0 Å². The molecule has 0 fully saturated rings. The fourth-order valence-electron chi connectivity index (χ4n) is 1.56. The fourth-order valence-corrected chi connectivity index (χ4v) is 1.86. The average molecular weight is 279 g/mol. The molecule has 92 valence electrons. The molecule has 0 aromatic heterocycles. The second-order valence-electron chi connectivity index (χ2n) is 3.69. The number of nitrogens with zero attached hydrogens (tertiary/aromatic N) is 1. The average Bonchev–Trinajstić information content (AvgIpc) is 2.41. The monoisotopic (exact) mass is 278 g/mol. The molecular formula is C14H12Cl2N2. The van der Waals surface area contributed by atoms with Crippen LogP contribution in [-0.4, -0.2) is 12.9 Å². The number of amidine groups is 1. The maximum absolute atomic E-state index is 5.97. The van der Waals surface area contributed by atoms with Crippen molar-refractivity contribution in [2.24, 2.45) is 4.99 Å². The van der Waals surface area contributed by atoms with E-state index in [0.717, 1.165) is 17.1 Å². The van der Waals surface area contributed by atoms with Gasteiger partial charge in [0, 0.05) is 18.3 Å². The van der Waals surface area contributed by atoms with Crippen LogP contribution in [0.25, 0.3) is 0 Å². The molecule has 1 N–H and O–H groups in total. The number of anilines is 1. The smallest absolute Gasteiger partial charge is 0.132 e. The first kappa shape index (κ1) is 12.9. The van der Waals surface area contributed by atoms with Gasteiger partial charge in [-0.3, -0.25) is 4.99 Å². The summed E-state index contributed by atoms with van der Waals surface area (Å²) in [4.78, 5) is 4.24. The molecule has 0 heterocycles. The standard InChI is InChI=1S/C14H12Cl2N2/c1-17-14(10-5-3-2-4-6-10)18-11-7-8-12(15)13(16)9-11/h2-9H,1H3,(H,17,18). The van der Waals surface area contributed by atoms with Crippen molar-refractivity contribution < 1.29 is 0 Å². The molecule has 0 amide bonds. The number of hydrogen-bond donors (Lipinski definition) is 1. The number of aliphatic imine (C=N–C) groups is 1. The fraction of sp³-hybridized carbons (Fsp3) is 0.0714. The van der Waals surface area contributed by atoms with Crippen LogP contribution in [0.2, 0.25) is 10.0 Å². The predicted octanol–water partition coefficient (Wildman–Crippen LogP) is 4.48. The summed E-state index contributed by atoms with van der Waals surface area (Å²) in [5, 5.41) is 4.28. The third-order valence-electron chi connectivity index (χ3n) is 2.45. The Hall–Kier alpha value is -1.51. The van der Waals surface area contributed by atoms with Gasteiger partial charge in [-0.2, -0.15) is 0 Å². The summed E-state index contributed by atoms with van der Waals surface area (Å²) >= 11 is 11.9. The zero-order valence-corrected chi connectivity index (χ0v) is 11.3. The van der Waals surface area contributed by atoms with Crippen LogP contribution in [0.1, 0.15) is 5.56 Å². The molecule has 2 rings (SSSR count). The largest absolute Gasteiger partial charge is 0.340 e. The highest BCUT2D eigenvalue weighted by Crippen LogP contribution is 2.25. The van der Waals surface area contributed by atoms with Crippen LogP contribution >= 0.6 is 23.2 Å². The molecule has 0 saturated carbocycles. The molecule has 0 radical (unpaired) electrons. The van der Waals surface area contributed by atoms with E-state index in [1.54, 1.807) is 19.2 Å². The minimum Gasteiger partial charge on any atom is -0.340 e. The van der Waals surface area contributed by atoms with Crippen molar-refractivity contribution in [3.63, 3.8) is 0 Å². The van der Waals surface area contributed by atoms with E-state index in [9.17, 15) is 0 Å². The van der Waals surface area contributed by atoms with Crippen molar-refractivity contribution in [1.29, 1.82) is 0 Å². The zero-order chi connectivity index (χ0) is 13.0. The quantitative estimate of drug-likeness (QED) is 0.636. The zero-order valence-electron chi connectivity index (χ0n) is 9.82. The van der Waals surface area contributed by atoms with Crippen LogP contribution in [-0.2, 0) is 0 Å². The molecule has 0 atom stereocenters. The molecule has 0 aliphatic rings. The van der Waals surface area contributed by atoms with E-state index < -0.39 is 0 Å². The van der Waals surface area contributed by atoms with Gasteiger partial charge in [-0.15, -0.1) is 0 Å². The number of halogens is 2. The van der Waals surface area contributed by atoms with Gasteiger partial charge >= 0.3 is 0 Å². The van der Waals surface area contributed by atoms with Gasteiger partial charge in [0.05, 0.1) is 10.0 Å². The molecule has 2 aromatic rings. The van der Waals surface area contributed by atoms with E-state index in [4.69, 9.17) is 23.2 Å². The van der Waals surface area contributed by atoms with Gasteiger partial charge in [0.2, 0.25) is 0 Å². The molecule has 0 aliphatic heterocycles. The SMILES string of the molecule is CN=C(Nc1ccc(Cl)c(Cl)c1)c1ccccc1.